The molecule has 0 unspecified atom stereocenters. The molecular weight excluding hydrogens is 740 g/mol. The number of hydrogen-bond acceptors (Lipinski definition) is 0. The first-order valence-electron chi connectivity index (χ1n) is 20.8. The zero-order valence-electron chi connectivity index (χ0n) is 32.1. The van der Waals surface area contributed by atoms with Gasteiger partial charge in [0.15, 0.2) is 24.8 Å². The summed E-state index contributed by atoms with van der Waals surface area (Å²) in [6.45, 7) is 6.94. The molecule has 0 aliphatic carbocycles. The number of unbranched alkanes of at least 4 members (excludes halogenated alkanes) is 26. The molecule has 2 aromatic heterocycles. The number of rotatable bonds is 30. The fourth-order valence-electron chi connectivity index (χ4n) is 6.14. The van der Waals surface area contributed by atoms with Crippen molar-refractivity contribution in [3.05, 3.63) is 61.2 Å². The monoisotopic (exact) mass is 812 g/mol. The molecule has 2 aromatic rings. The summed E-state index contributed by atoms with van der Waals surface area (Å²) in [6, 6.07) is 12.6. The third kappa shape index (κ3) is 44.2. The third-order valence-electron chi connectivity index (χ3n) is 9.09. The van der Waals surface area contributed by atoms with Crippen molar-refractivity contribution in [2.75, 3.05) is 0 Å². The maximum atomic E-state index is 5.05. The van der Waals surface area contributed by atoms with Crippen LogP contribution in [0.15, 0.2) is 61.2 Å². The van der Waals surface area contributed by atoms with Crippen molar-refractivity contribution in [3.63, 3.8) is 0 Å². The van der Waals surface area contributed by atoms with E-state index in [1.807, 2.05) is 0 Å². The van der Waals surface area contributed by atoms with E-state index in [-0.39, 0.29) is 0 Å². The molecule has 0 spiro atoms. The van der Waals surface area contributed by atoms with Crippen molar-refractivity contribution in [2.24, 2.45) is 0 Å². The van der Waals surface area contributed by atoms with Crippen molar-refractivity contribution in [2.45, 2.75) is 207 Å². The second kappa shape index (κ2) is 39.3. The molecule has 284 valence electrons. The first kappa shape index (κ1) is 49.1. The Morgan fingerprint density at radius 3 is 0.694 bits per heavy atom. The Kier molecular flexibility index (Phi) is 39.4. The SMILES string of the molecule is CCCCCCCCCCCCCCCC[n+]1ccccc1.CCCCCCCCCCCCCCCC[n+]1ccccc1.[Cl][Zn-2]([Cl])([Cl])[Cl]. The second-order valence-electron chi connectivity index (χ2n) is 14.0. The van der Waals surface area contributed by atoms with Gasteiger partial charge >= 0.3 is 49.6 Å². The van der Waals surface area contributed by atoms with Crippen LogP contribution in [0.1, 0.15) is 194 Å². The summed E-state index contributed by atoms with van der Waals surface area (Å²) in [7, 11) is 16.8. The van der Waals surface area contributed by atoms with Gasteiger partial charge in [0, 0.05) is 37.1 Å². The molecule has 2 rings (SSSR count). The van der Waals surface area contributed by atoms with Crippen molar-refractivity contribution < 1.29 is 19.9 Å². The summed E-state index contributed by atoms with van der Waals surface area (Å²) in [5, 5.41) is 0. The molecule has 2 nitrogen and oxygen atoms in total. The van der Waals surface area contributed by atoms with Crippen molar-refractivity contribution in [1.82, 2.24) is 0 Å². The maximum absolute atomic E-state index is 5.05. The Morgan fingerprint density at radius 2 is 0.490 bits per heavy atom. The predicted molar refractivity (Wildman–Crippen MR) is 217 cm³/mol. The molecule has 0 aliphatic rings. The summed E-state index contributed by atoms with van der Waals surface area (Å²) in [5.41, 5.74) is 0. The number of nitrogens with zero attached hydrogens (tertiary/aromatic N) is 2. The standard InChI is InChI=1S/2C21H38N.4ClH.Zn/c2*1-2-3-4-5-6-7-8-9-10-11-12-13-14-16-19-22-20-17-15-18-21-22;;;;;/h2*15,17-18,20-21H,2-14,16,19H2,1H3;4*1H;/q2*+1;;;;;+2/p-4. The van der Waals surface area contributed by atoms with E-state index >= 15 is 0 Å². The molecule has 0 aliphatic heterocycles. The summed E-state index contributed by atoms with van der Waals surface area (Å²) in [5.74, 6) is 0. The number of hydrogen-bond donors (Lipinski definition) is 0. The molecule has 0 amide bonds. The van der Waals surface area contributed by atoms with Crippen LogP contribution in [0.25, 0.3) is 0 Å². The van der Waals surface area contributed by atoms with Gasteiger partial charge in [-0.05, 0) is 12.8 Å². The molecule has 0 saturated heterocycles. The van der Waals surface area contributed by atoms with E-state index in [9.17, 15) is 0 Å². The molecule has 0 aromatic carbocycles. The minimum absolute atomic E-state index is 1.18. The van der Waals surface area contributed by atoms with Gasteiger partial charge in [0.1, 0.15) is 13.1 Å². The summed E-state index contributed by atoms with van der Waals surface area (Å²) >= 11 is 0. The van der Waals surface area contributed by atoms with Gasteiger partial charge in [-0.3, -0.25) is 0 Å². The Hall–Kier alpha value is 0.0834. The molecule has 7 heteroatoms. The Bertz CT molecular complexity index is 810. The number of halogens is 4. The molecular formula is C42H76Cl4N2Zn. The van der Waals surface area contributed by atoms with Gasteiger partial charge in [0.2, 0.25) is 0 Å². The van der Waals surface area contributed by atoms with Crippen LogP contribution in [0, 0.1) is 0 Å². The summed E-state index contributed by atoms with van der Waals surface area (Å²) in [4.78, 5) is 0. The Labute approximate surface area is 324 Å². The predicted octanol–water partition coefficient (Wildman–Crippen LogP) is 15.7. The fraction of sp³-hybridized carbons (Fsp3) is 0.762. The van der Waals surface area contributed by atoms with E-state index in [4.69, 9.17) is 38.8 Å². The first-order chi connectivity index (χ1) is 23.9. The average molecular weight is 816 g/mol. The van der Waals surface area contributed by atoms with Crippen LogP contribution in [-0.2, 0) is 23.9 Å². The van der Waals surface area contributed by atoms with Crippen LogP contribution in [0.3, 0.4) is 0 Å². The van der Waals surface area contributed by atoms with Gasteiger partial charge in [-0.25, -0.2) is 9.13 Å². The Morgan fingerprint density at radius 1 is 0.306 bits per heavy atom. The van der Waals surface area contributed by atoms with Crippen LogP contribution < -0.4 is 9.13 Å². The first-order valence-corrected chi connectivity index (χ1v) is 36.4. The van der Waals surface area contributed by atoms with E-state index in [1.54, 1.807) is 0 Å². The third-order valence-corrected chi connectivity index (χ3v) is 9.09. The summed E-state index contributed by atoms with van der Waals surface area (Å²) < 4.78 is 4.58. The molecule has 2 heterocycles. The van der Waals surface area contributed by atoms with E-state index in [2.05, 4.69) is 84.2 Å². The molecule has 0 saturated carbocycles. The zero-order chi connectivity index (χ0) is 35.9. The van der Waals surface area contributed by atoms with Crippen LogP contribution in [0.4, 0.5) is 0 Å². The van der Waals surface area contributed by atoms with Crippen LogP contribution in [0.2, 0.25) is 0 Å². The molecule has 49 heavy (non-hydrogen) atoms. The zero-order valence-corrected chi connectivity index (χ0v) is 38.1. The van der Waals surface area contributed by atoms with Crippen LogP contribution in [-0.4, -0.2) is 0 Å². The Balaban J connectivity index is 0.000000826. The number of aryl methyl sites for hydroxylation is 2. The molecule has 0 atom stereocenters. The molecule has 0 radical (unpaired) electrons. The second-order valence-corrected chi connectivity index (χ2v) is 41.8. The quantitative estimate of drug-likeness (QED) is 0.0422. The van der Waals surface area contributed by atoms with Gasteiger partial charge < -0.3 is 0 Å². The van der Waals surface area contributed by atoms with Crippen molar-refractivity contribution in [1.29, 1.82) is 0 Å². The van der Waals surface area contributed by atoms with E-state index < -0.39 is 10.8 Å². The number of aromatic nitrogens is 2. The van der Waals surface area contributed by atoms with E-state index in [0.717, 1.165) is 0 Å². The fourth-order valence-corrected chi connectivity index (χ4v) is 6.14. The number of pyridine rings is 2. The average Bonchev–Trinajstić information content (AvgIpc) is 3.09. The van der Waals surface area contributed by atoms with Crippen LogP contribution >= 0.6 is 38.8 Å². The van der Waals surface area contributed by atoms with Crippen molar-refractivity contribution >= 4 is 38.8 Å². The normalized spacial score (nSPS) is 11.1. The van der Waals surface area contributed by atoms with Gasteiger partial charge in [-0.1, -0.05) is 180 Å². The summed E-state index contributed by atoms with van der Waals surface area (Å²) in [6.07, 6.45) is 48.8. The molecule has 0 N–H and O–H groups in total. The van der Waals surface area contributed by atoms with E-state index in [1.165, 1.54) is 193 Å². The van der Waals surface area contributed by atoms with Gasteiger partial charge in [-0.2, -0.15) is 0 Å². The van der Waals surface area contributed by atoms with Crippen molar-refractivity contribution in [3.8, 4) is 0 Å². The van der Waals surface area contributed by atoms with E-state index in [0.29, 0.717) is 0 Å². The molecule has 0 fully saturated rings. The van der Waals surface area contributed by atoms with Gasteiger partial charge in [-0.15, -0.1) is 0 Å². The van der Waals surface area contributed by atoms with Gasteiger partial charge in [0.25, 0.3) is 0 Å². The van der Waals surface area contributed by atoms with Crippen LogP contribution in [0.5, 0.6) is 0 Å². The van der Waals surface area contributed by atoms with Gasteiger partial charge in [0.05, 0.1) is 0 Å². The minimum atomic E-state index is -3.36. The topological polar surface area (TPSA) is 7.76 Å². The molecule has 0 bridgehead atoms.